The van der Waals surface area contributed by atoms with Crippen molar-refractivity contribution in [1.29, 1.82) is 0 Å². The molecule has 0 bridgehead atoms. The van der Waals surface area contributed by atoms with E-state index in [0.717, 1.165) is 55.1 Å². The second-order valence-corrected chi connectivity index (χ2v) is 7.15. The number of anilines is 1. The van der Waals surface area contributed by atoms with Gasteiger partial charge in [-0.2, -0.15) is 5.10 Å². The highest BCUT2D eigenvalue weighted by Gasteiger charge is 2.24. The van der Waals surface area contributed by atoms with Gasteiger partial charge < -0.3 is 15.1 Å². The molecule has 9 heteroatoms. The lowest BCUT2D eigenvalue weighted by atomic mass is 9.96. The Labute approximate surface area is 152 Å². The van der Waals surface area contributed by atoms with Crippen LogP contribution in [0.25, 0.3) is 0 Å². The molecule has 25 heavy (non-hydrogen) atoms. The maximum Gasteiger partial charge on any atom is 0.194 e. The van der Waals surface area contributed by atoms with Gasteiger partial charge in [0.1, 0.15) is 12.2 Å². The first-order chi connectivity index (χ1) is 12.2. The number of thiazole rings is 1. The van der Waals surface area contributed by atoms with Crippen molar-refractivity contribution in [3.8, 4) is 0 Å². The predicted octanol–water partition coefficient (Wildman–Crippen LogP) is 1.67. The molecule has 2 aromatic rings. The molecule has 1 saturated heterocycles. The van der Waals surface area contributed by atoms with Crippen LogP contribution < -0.4 is 10.2 Å². The van der Waals surface area contributed by atoms with Gasteiger partial charge in [-0.05, 0) is 19.8 Å². The topological polar surface area (TPSA) is 85.3 Å². The van der Waals surface area contributed by atoms with E-state index in [4.69, 9.17) is 4.99 Å². The summed E-state index contributed by atoms with van der Waals surface area (Å²) in [5, 5.41) is 13.5. The molecule has 1 fully saturated rings. The number of hydrogen-bond donors (Lipinski definition) is 2. The summed E-state index contributed by atoms with van der Waals surface area (Å²) >= 11 is 1.65. The molecular weight excluding hydrogens is 336 g/mol. The monoisotopic (exact) mass is 362 g/mol. The molecule has 0 aliphatic carbocycles. The minimum Gasteiger partial charge on any atom is -0.357 e. The Balaban J connectivity index is 1.60. The van der Waals surface area contributed by atoms with E-state index in [1.165, 1.54) is 0 Å². The number of rotatable bonds is 5. The molecule has 2 aromatic heterocycles. The average Bonchev–Trinajstić information content (AvgIpc) is 3.30. The van der Waals surface area contributed by atoms with Crippen LogP contribution in [0.1, 0.15) is 37.2 Å². The molecule has 136 valence electrons. The van der Waals surface area contributed by atoms with E-state index < -0.39 is 0 Å². The number of guanidine groups is 1. The molecule has 0 saturated carbocycles. The number of nitrogens with zero attached hydrogens (tertiary/aromatic N) is 6. The Morgan fingerprint density at radius 1 is 1.44 bits per heavy atom. The molecule has 3 heterocycles. The van der Waals surface area contributed by atoms with Gasteiger partial charge in [-0.3, -0.25) is 5.10 Å². The summed E-state index contributed by atoms with van der Waals surface area (Å²) in [6, 6.07) is 0. The lowest BCUT2D eigenvalue weighted by Crippen LogP contribution is -2.45. The summed E-state index contributed by atoms with van der Waals surface area (Å²) in [5.41, 5.74) is 1.01. The summed E-state index contributed by atoms with van der Waals surface area (Å²) in [4.78, 5) is 18.0. The van der Waals surface area contributed by atoms with Crippen molar-refractivity contribution in [3.63, 3.8) is 0 Å². The highest BCUT2D eigenvalue weighted by Crippen LogP contribution is 2.25. The van der Waals surface area contributed by atoms with Gasteiger partial charge in [-0.25, -0.2) is 15.0 Å². The maximum absolute atomic E-state index is 4.79. The highest BCUT2D eigenvalue weighted by atomic mass is 32.1. The number of likely N-dealkylation sites (tertiary alicyclic amines) is 1. The first kappa shape index (κ1) is 17.7. The summed E-state index contributed by atoms with van der Waals surface area (Å²) in [6.07, 6.45) is 3.70. The number of hydrogen-bond acceptors (Lipinski definition) is 6. The van der Waals surface area contributed by atoms with E-state index >= 15 is 0 Å². The summed E-state index contributed by atoms with van der Waals surface area (Å²) in [5.74, 6) is 2.43. The van der Waals surface area contributed by atoms with Gasteiger partial charge in [-0.15, -0.1) is 11.3 Å². The van der Waals surface area contributed by atoms with Gasteiger partial charge in [0.15, 0.2) is 11.1 Å². The Morgan fingerprint density at radius 3 is 2.84 bits per heavy atom. The van der Waals surface area contributed by atoms with Crippen LogP contribution in [0.15, 0.2) is 16.7 Å². The van der Waals surface area contributed by atoms with E-state index in [-0.39, 0.29) is 0 Å². The van der Waals surface area contributed by atoms with Gasteiger partial charge in [0.05, 0.1) is 12.2 Å². The van der Waals surface area contributed by atoms with Crippen molar-refractivity contribution in [2.45, 2.75) is 32.2 Å². The largest absolute Gasteiger partial charge is 0.357 e. The second kappa shape index (κ2) is 8.28. The zero-order valence-electron chi connectivity index (χ0n) is 15.1. The zero-order valence-corrected chi connectivity index (χ0v) is 15.9. The molecule has 2 N–H and O–H groups in total. The van der Waals surface area contributed by atoms with Crippen molar-refractivity contribution < 1.29 is 0 Å². The molecule has 0 spiro atoms. The first-order valence-electron chi connectivity index (χ1n) is 8.67. The molecule has 0 unspecified atom stereocenters. The third-order valence-electron chi connectivity index (χ3n) is 4.26. The number of H-pyrrole nitrogens is 1. The highest BCUT2D eigenvalue weighted by molar-refractivity contribution is 7.13. The van der Waals surface area contributed by atoms with E-state index in [2.05, 4.69) is 42.7 Å². The Kier molecular flexibility index (Phi) is 5.85. The zero-order chi connectivity index (χ0) is 17.6. The number of aliphatic imine (C=N–C) groups is 1. The molecule has 1 aliphatic rings. The Hall–Kier alpha value is -2.16. The van der Waals surface area contributed by atoms with Crippen LogP contribution in [-0.4, -0.2) is 64.8 Å². The van der Waals surface area contributed by atoms with Gasteiger partial charge >= 0.3 is 0 Å². The van der Waals surface area contributed by atoms with Gasteiger partial charge in [-0.1, -0.05) is 0 Å². The van der Waals surface area contributed by atoms with Crippen molar-refractivity contribution in [2.24, 2.45) is 4.99 Å². The third-order valence-corrected chi connectivity index (χ3v) is 5.32. The fourth-order valence-corrected chi connectivity index (χ4v) is 3.68. The van der Waals surface area contributed by atoms with Gasteiger partial charge in [0.25, 0.3) is 0 Å². The quantitative estimate of drug-likeness (QED) is 0.622. The number of aromatic nitrogens is 4. The SMILES string of the molecule is CCNC(=NCc1csc(N(C)C)n1)N1CCC(c2ncn[nH]2)CC1. The number of nitrogens with one attached hydrogen (secondary N) is 2. The molecule has 0 aromatic carbocycles. The van der Waals surface area contributed by atoms with Crippen LogP contribution in [0.3, 0.4) is 0 Å². The first-order valence-corrected chi connectivity index (χ1v) is 9.55. The van der Waals surface area contributed by atoms with Crippen molar-refractivity contribution in [1.82, 2.24) is 30.4 Å². The third kappa shape index (κ3) is 4.47. The Bertz CT molecular complexity index is 670. The predicted molar refractivity (Wildman–Crippen MR) is 101 cm³/mol. The fraction of sp³-hybridized carbons (Fsp3) is 0.625. The van der Waals surface area contributed by atoms with Crippen molar-refractivity contribution in [3.05, 3.63) is 23.2 Å². The standard InChI is InChI=1S/C16H26N8S/c1-4-17-15(18-9-13-10-25-16(21-13)23(2)3)24-7-5-12(6-8-24)14-19-11-20-22-14/h10-12H,4-9H2,1-3H3,(H,17,18)(H,19,20,22). The molecule has 0 radical (unpaired) electrons. The molecule has 3 rings (SSSR count). The smallest absolute Gasteiger partial charge is 0.194 e. The minimum absolute atomic E-state index is 0.461. The van der Waals surface area contributed by atoms with Gasteiger partial charge in [0, 0.05) is 45.0 Å². The maximum atomic E-state index is 4.79. The molecule has 8 nitrogen and oxygen atoms in total. The van der Waals surface area contributed by atoms with E-state index in [1.54, 1.807) is 17.7 Å². The second-order valence-electron chi connectivity index (χ2n) is 6.32. The lowest BCUT2D eigenvalue weighted by Gasteiger charge is -2.33. The van der Waals surface area contributed by atoms with E-state index in [0.29, 0.717) is 12.5 Å². The van der Waals surface area contributed by atoms with E-state index in [9.17, 15) is 0 Å². The lowest BCUT2D eigenvalue weighted by molar-refractivity contribution is 0.299. The number of aromatic amines is 1. The summed E-state index contributed by atoms with van der Waals surface area (Å²) < 4.78 is 0. The molecular formula is C16H26N8S. The number of piperidine rings is 1. The van der Waals surface area contributed by atoms with Crippen LogP contribution in [0.4, 0.5) is 5.13 Å². The van der Waals surface area contributed by atoms with Crippen LogP contribution in [0, 0.1) is 0 Å². The molecule has 0 amide bonds. The van der Waals surface area contributed by atoms with Crippen molar-refractivity contribution >= 4 is 22.4 Å². The van der Waals surface area contributed by atoms with Crippen LogP contribution in [-0.2, 0) is 6.54 Å². The van der Waals surface area contributed by atoms with Crippen molar-refractivity contribution in [2.75, 3.05) is 38.6 Å². The summed E-state index contributed by atoms with van der Waals surface area (Å²) in [6.45, 7) is 5.51. The van der Waals surface area contributed by atoms with E-state index in [1.807, 2.05) is 19.0 Å². The minimum atomic E-state index is 0.461. The van der Waals surface area contributed by atoms with Crippen LogP contribution >= 0.6 is 11.3 Å². The van der Waals surface area contributed by atoms with Gasteiger partial charge in [0.2, 0.25) is 0 Å². The molecule has 0 atom stereocenters. The van der Waals surface area contributed by atoms with Crippen LogP contribution in [0.2, 0.25) is 0 Å². The average molecular weight is 363 g/mol. The normalized spacial score (nSPS) is 16.3. The van der Waals surface area contributed by atoms with Crippen LogP contribution in [0.5, 0.6) is 0 Å². The molecule has 1 aliphatic heterocycles. The fourth-order valence-electron chi connectivity index (χ4n) is 2.93. The Morgan fingerprint density at radius 2 is 2.24 bits per heavy atom. The summed E-state index contributed by atoms with van der Waals surface area (Å²) in [7, 11) is 4.02.